The summed E-state index contributed by atoms with van der Waals surface area (Å²) in [5.74, 6) is -0.802. The first kappa shape index (κ1) is 19.4. The van der Waals surface area contributed by atoms with Gasteiger partial charge in [0.2, 0.25) is 0 Å². The van der Waals surface area contributed by atoms with E-state index in [1.807, 2.05) is 37.3 Å². The summed E-state index contributed by atoms with van der Waals surface area (Å²) in [6, 6.07) is 16.4. The van der Waals surface area contributed by atoms with Gasteiger partial charge in [0, 0.05) is 6.61 Å². The number of carbonyl (C=O) groups is 2. The zero-order valence-corrected chi connectivity index (χ0v) is 14.4. The zero-order chi connectivity index (χ0) is 18.6. The molecule has 0 radical (unpaired) electrons. The zero-order valence-electron chi connectivity index (χ0n) is 14.4. The Morgan fingerprint density at radius 1 is 0.808 bits per heavy atom. The van der Waals surface area contributed by atoms with Gasteiger partial charge in [0.15, 0.2) is 0 Å². The monoisotopic (exact) mass is 360 g/mol. The molecule has 2 aromatic carbocycles. The Balaban J connectivity index is 1.70. The summed E-state index contributed by atoms with van der Waals surface area (Å²) in [4.78, 5) is 31.6. The molecule has 0 aromatic heterocycles. The molecule has 0 atom stereocenters. The van der Waals surface area contributed by atoms with Gasteiger partial charge in [0.1, 0.15) is 6.61 Å². The Labute approximate surface area is 151 Å². The summed E-state index contributed by atoms with van der Waals surface area (Å²) in [7, 11) is 0. The standard InChI is InChI=1S/C19H20O7/c1-2-12-22-13-14-23-19(21)25-26-24-18(20)17-10-8-16(9-11-17)15-6-4-3-5-7-15/h3-11H,2,12-14H2,1H3. The van der Waals surface area contributed by atoms with E-state index in [9.17, 15) is 9.59 Å². The summed E-state index contributed by atoms with van der Waals surface area (Å²) in [5.41, 5.74) is 2.22. The Hall–Kier alpha value is -2.90. The Kier molecular flexibility index (Phi) is 8.11. The highest BCUT2D eigenvalue weighted by molar-refractivity contribution is 5.89. The van der Waals surface area contributed by atoms with Gasteiger partial charge in [-0.1, -0.05) is 49.4 Å². The largest absolute Gasteiger partial charge is 0.543 e. The number of ether oxygens (including phenoxy) is 2. The van der Waals surface area contributed by atoms with E-state index in [-0.39, 0.29) is 18.8 Å². The fraction of sp³-hybridized carbons (Fsp3) is 0.263. The molecule has 0 saturated heterocycles. The fourth-order valence-electron chi connectivity index (χ4n) is 2.01. The van der Waals surface area contributed by atoms with Crippen molar-refractivity contribution in [3.8, 4) is 11.1 Å². The van der Waals surface area contributed by atoms with Gasteiger partial charge in [-0.15, -0.1) is 0 Å². The van der Waals surface area contributed by atoms with E-state index >= 15 is 0 Å². The third-order valence-corrected chi connectivity index (χ3v) is 3.24. The molecule has 2 aromatic rings. The maximum Gasteiger partial charge on any atom is 0.543 e. The summed E-state index contributed by atoms with van der Waals surface area (Å²) in [6.07, 6.45) is -0.257. The predicted molar refractivity (Wildman–Crippen MR) is 91.9 cm³/mol. The molecule has 0 fully saturated rings. The van der Waals surface area contributed by atoms with Gasteiger partial charge in [-0.05, 0) is 29.7 Å². The van der Waals surface area contributed by atoms with Crippen molar-refractivity contribution in [2.24, 2.45) is 0 Å². The number of hydrogen-bond acceptors (Lipinski definition) is 7. The van der Waals surface area contributed by atoms with Crippen molar-refractivity contribution < 1.29 is 33.9 Å². The topological polar surface area (TPSA) is 80.3 Å². The van der Waals surface area contributed by atoms with E-state index in [1.165, 1.54) is 0 Å². The lowest BCUT2D eigenvalue weighted by Gasteiger charge is -2.05. The second kappa shape index (κ2) is 10.9. The van der Waals surface area contributed by atoms with Crippen LogP contribution in [0, 0.1) is 0 Å². The van der Waals surface area contributed by atoms with Crippen LogP contribution >= 0.6 is 0 Å². The summed E-state index contributed by atoms with van der Waals surface area (Å²) in [6.45, 7) is 2.80. The Morgan fingerprint density at radius 2 is 1.50 bits per heavy atom. The van der Waals surface area contributed by atoms with Crippen LogP contribution in [0.5, 0.6) is 0 Å². The first-order valence-corrected chi connectivity index (χ1v) is 8.16. The normalized spacial score (nSPS) is 10.2. The molecule has 0 N–H and O–H groups in total. The molecule has 2 rings (SSSR count). The van der Waals surface area contributed by atoms with Crippen LogP contribution in [-0.4, -0.2) is 31.9 Å². The molecule has 0 bridgehead atoms. The molecule has 0 spiro atoms. The van der Waals surface area contributed by atoms with Crippen molar-refractivity contribution in [2.75, 3.05) is 19.8 Å². The third-order valence-electron chi connectivity index (χ3n) is 3.24. The highest BCUT2D eigenvalue weighted by Gasteiger charge is 2.12. The van der Waals surface area contributed by atoms with Crippen molar-refractivity contribution in [2.45, 2.75) is 13.3 Å². The highest BCUT2D eigenvalue weighted by atomic mass is 17.5. The van der Waals surface area contributed by atoms with Crippen LogP contribution in [0.3, 0.4) is 0 Å². The van der Waals surface area contributed by atoms with Gasteiger partial charge in [0.05, 0.1) is 17.2 Å². The Bertz CT molecular complexity index is 683. The van der Waals surface area contributed by atoms with Gasteiger partial charge in [0.25, 0.3) is 0 Å². The van der Waals surface area contributed by atoms with Crippen LogP contribution in [0.1, 0.15) is 23.7 Å². The quantitative estimate of drug-likeness (QED) is 0.290. The molecule has 7 nitrogen and oxygen atoms in total. The smallest absolute Gasteiger partial charge is 0.430 e. The Morgan fingerprint density at radius 3 is 2.19 bits per heavy atom. The number of benzene rings is 2. The number of rotatable bonds is 9. The first-order valence-electron chi connectivity index (χ1n) is 8.16. The van der Waals surface area contributed by atoms with Crippen LogP contribution in [0.25, 0.3) is 11.1 Å². The maximum absolute atomic E-state index is 11.8. The van der Waals surface area contributed by atoms with Gasteiger partial charge < -0.3 is 9.47 Å². The molecule has 0 amide bonds. The summed E-state index contributed by atoms with van der Waals surface area (Å²) < 4.78 is 9.75. The van der Waals surface area contributed by atoms with Crippen LogP contribution in [0.4, 0.5) is 4.79 Å². The van der Waals surface area contributed by atoms with Crippen molar-refractivity contribution in [1.29, 1.82) is 0 Å². The predicted octanol–water partition coefficient (Wildman–Crippen LogP) is 3.94. The molecule has 138 valence electrons. The molecular weight excluding hydrogens is 340 g/mol. The van der Waals surface area contributed by atoms with Crippen molar-refractivity contribution in [3.05, 3.63) is 60.2 Å². The van der Waals surface area contributed by atoms with Gasteiger partial charge in [-0.3, -0.25) is 4.89 Å². The molecular formula is C19H20O7. The first-order chi connectivity index (χ1) is 12.7. The van der Waals surface area contributed by atoms with Gasteiger partial charge in [-0.2, -0.15) is 0 Å². The molecule has 0 unspecified atom stereocenters. The van der Waals surface area contributed by atoms with Crippen molar-refractivity contribution in [1.82, 2.24) is 0 Å². The van der Waals surface area contributed by atoms with Gasteiger partial charge >= 0.3 is 12.1 Å². The molecule has 0 aliphatic heterocycles. The van der Waals surface area contributed by atoms with Gasteiger partial charge in [-0.25, -0.2) is 14.5 Å². The van der Waals surface area contributed by atoms with Crippen LogP contribution in [0.2, 0.25) is 0 Å². The minimum absolute atomic E-state index is 0.0110. The number of hydrogen-bond donors (Lipinski definition) is 0. The van der Waals surface area contributed by atoms with Crippen molar-refractivity contribution in [3.63, 3.8) is 0 Å². The molecule has 0 saturated carbocycles. The van der Waals surface area contributed by atoms with Crippen LogP contribution in [0.15, 0.2) is 54.6 Å². The van der Waals surface area contributed by atoms with Crippen LogP contribution < -0.4 is 0 Å². The van der Waals surface area contributed by atoms with E-state index in [0.29, 0.717) is 6.61 Å². The second-order valence-electron chi connectivity index (χ2n) is 5.18. The van der Waals surface area contributed by atoms with E-state index in [0.717, 1.165) is 17.5 Å². The SMILES string of the molecule is CCCOCCOC(=O)OOOC(=O)c1ccc(-c2ccccc2)cc1. The van der Waals surface area contributed by atoms with E-state index < -0.39 is 12.1 Å². The molecule has 0 heterocycles. The maximum atomic E-state index is 11.8. The minimum Gasteiger partial charge on any atom is -0.430 e. The average Bonchev–Trinajstić information content (AvgIpc) is 2.68. The molecule has 26 heavy (non-hydrogen) atoms. The van der Waals surface area contributed by atoms with E-state index in [1.54, 1.807) is 24.3 Å². The lowest BCUT2D eigenvalue weighted by Crippen LogP contribution is -2.14. The lowest BCUT2D eigenvalue weighted by molar-refractivity contribution is -0.452. The second-order valence-corrected chi connectivity index (χ2v) is 5.18. The summed E-state index contributed by atoms with van der Waals surface area (Å²) >= 11 is 0. The van der Waals surface area contributed by atoms with Crippen molar-refractivity contribution >= 4 is 12.1 Å². The lowest BCUT2D eigenvalue weighted by atomic mass is 10.0. The highest BCUT2D eigenvalue weighted by Crippen LogP contribution is 2.19. The fourth-order valence-corrected chi connectivity index (χ4v) is 2.01. The molecule has 7 heteroatoms. The number of carbonyl (C=O) groups excluding carboxylic acids is 2. The minimum atomic E-state index is -1.13. The molecule has 0 aliphatic rings. The third kappa shape index (κ3) is 6.54. The van der Waals surface area contributed by atoms with Crippen LogP contribution in [-0.2, 0) is 24.3 Å². The van der Waals surface area contributed by atoms with E-state index in [2.05, 4.69) is 19.6 Å². The average molecular weight is 360 g/mol. The molecule has 0 aliphatic carbocycles. The summed E-state index contributed by atoms with van der Waals surface area (Å²) in [5, 5.41) is 4.14. The van der Waals surface area contributed by atoms with E-state index in [4.69, 9.17) is 4.74 Å².